The molecular weight excluding hydrogens is 462 g/mol. The maximum Gasteiger partial charge on any atom is 0.262 e. The van der Waals surface area contributed by atoms with Crippen LogP contribution in [0.25, 0.3) is 6.08 Å². The van der Waals surface area contributed by atoms with E-state index >= 15 is 0 Å². The van der Waals surface area contributed by atoms with Gasteiger partial charge in [-0.2, -0.15) is 0 Å². The average Bonchev–Trinajstić information content (AvgIpc) is 2.91. The van der Waals surface area contributed by atoms with Crippen LogP contribution in [0.5, 0.6) is 5.75 Å². The minimum atomic E-state index is -0.195. The Kier molecular flexibility index (Phi) is 8.62. The van der Waals surface area contributed by atoms with Gasteiger partial charge in [0.05, 0.1) is 0 Å². The molecule has 4 rings (SSSR count). The topological polar surface area (TPSA) is 61.9 Å². The van der Waals surface area contributed by atoms with Crippen LogP contribution >= 0.6 is 0 Å². The Hall–Kier alpha value is -4.06. The molecule has 0 aliphatic carbocycles. The van der Waals surface area contributed by atoms with Crippen molar-refractivity contribution in [1.82, 2.24) is 4.90 Å². The number of hydrogen-bond donors (Lipinski definition) is 1. The number of piperazine rings is 1. The molecule has 0 bridgehead atoms. The van der Waals surface area contributed by atoms with E-state index in [0.29, 0.717) is 19.0 Å². The molecule has 0 unspecified atom stereocenters. The van der Waals surface area contributed by atoms with E-state index in [1.807, 2.05) is 78.6 Å². The molecule has 1 aliphatic heterocycles. The summed E-state index contributed by atoms with van der Waals surface area (Å²) in [6.45, 7) is 9.06. The predicted molar refractivity (Wildman–Crippen MR) is 150 cm³/mol. The number of amides is 2. The smallest absolute Gasteiger partial charge is 0.262 e. The van der Waals surface area contributed by atoms with E-state index in [1.165, 1.54) is 0 Å². The zero-order valence-electron chi connectivity index (χ0n) is 21.8. The Morgan fingerprint density at radius 3 is 2.32 bits per heavy atom. The molecule has 3 aromatic rings. The van der Waals surface area contributed by atoms with Crippen molar-refractivity contribution in [3.05, 3.63) is 95.6 Å². The number of benzene rings is 3. The van der Waals surface area contributed by atoms with Crippen molar-refractivity contribution in [2.45, 2.75) is 26.7 Å². The van der Waals surface area contributed by atoms with Crippen LogP contribution in [0.1, 0.15) is 36.5 Å². The van der Waals surface area contributed by atoms with Crippen molar-refractivity contribution < 1.29 is 14.3 Å². The second kappa shape index (κ2) is 12.3. The Morgan fingerprint density at radius 2 is 1.65 bits per heavy atom. The highest BCUT2D eigenvalue weighted by molar-refractivity contribution is 5.92. The molecule has 6 nitrogen and oxygen atoms in total. The van der Waals surface area contributed by atoms with Crippen molar-refractivity contribution in [3.8, 4) is 5.75 Å². The number of hydrogen-bond acceptors (Lipinski definition) is 4. The molecule has 0 saturated carbocycles. The van der Waals surface area contributed by atoms with E-state index in [2.05, 4.69) is 36.2 Å². The van der Waals surface area contributed by atoms with E-state index in [1.54, 1.807) is 6.08 Å². The standard InChI is InChI=1S/C31H35N3O3/c1-23(2)28-15-9-24(3)21-29(28)37-22-30(35)32-26-11-13-27(14-12-26)33-17-19-34(20-18-33)31(36)16-10-25-7-5-4-6-8-25/h4-16,21,23H,17-20,22H2,1-3H3,(H,32,35)/b16-10+. The number of anilines is 2. The Labute approximate surface area is 219 Å². The van der Waals surface area contributed by atoms with Crippen LogP contribution in [-0.2, 0) is 9.59 Å². The summed E-state index contributed by atoms with van der Waals surface area (Å²) in [5.74, 6) is 0.917. The zero-order chi connectivity index (χ0) is 26.2. The molecule has 0 aromatic heterocycles. The number of nitrogens with one attached hydrogen (secondary N) is 1. The summed E-state index contributed by atoms with van der Waals surface area (Å²) >= 11 is 0. The second-order valence-electron chi connectivity index (χ2n) is 9.64. The molecule has 0 atom stereocenters. The molecule has 1 N–H and O–H groups in total. The molecule has 2 amide bonds. The lowest BCUT2D eigenvalue weighted by molar-refractivity contribution is -0.126. The van der Waals surface area contributed by atoms with Gasteiger partial charge < -0.3 is 19.9 Å². The third-order valence-corrected chi connectivity index (χ3v) is 6.48. The van der Waals surface area contributed by atoms with Crippen LogP contribution in [0.2, 0.25) is 0 Å². The summed E-state index contributed by atoms with van der Waals surface area (Å²) in [7, 11) is 0. The van der Waals surface area contributed by atoms with E-state index < -0.39 is 0 Å². The molecule has 6 heteroatoms. The maximum atomic E-state index is 12.5. The Bertz CT molecular complexity index is 1230. The third kappa shape index (κ3) is 7.23. The number of nitrogens with zero attached hydrogens (tertiary/aromatic N) is 2. The lowest BCUT2D eigenvalue weighted by Gasteiger charge is -2.35. The maximum absolute atomic E-state index is 12.5. The summed E-state index contributed by atoms with van der Waals surface area (Å²) in [6.07, 6.45) is 3.51. The number of carbonyl (C=O) groups is 2. The van der Waals surface area contributed by atoms with Gasteiger partial charge in [-0.05, 0) is 65.9 Å². The first kappa shape index (κ1) is 26.0. The van der Waals surface area contributed by atoms with Crippen LogP contribution < -0.4 is 15.0 Å². The summed E-state index contributed by atoms with van der Waals surface area (Å²) in [4.78, 5) is 29.2. The van der Waals surface area contributed by atoms with Gasteiger partial charge in [0.2, 0.25) is 5.91 Å². The zero-order valence-corrected chi connectivity index (χ0v) is 21.8. The first-order valence-corrected chi connectivity index (χ1v) is 12.8. The predicted octanol–water partition coefficient (Wildman–Crippen LogP) is 5.50. The van der Waals surface area contributed by atoms with Gasteiger partial charge in [-0.25, -0.2) is 0 Å². The molecule has 37 heavy (non-hydrogen) atoms. The summed E-state index contributed by atoms with van der Waals surface area (Å²) in [5, 5.41) is 2.91. The SMILES string of the molecule is Cc1ccc(C(C)C)c(OCC(=O)Nc2ccc(N3CCN(C(=O)/C=C/c4ccccc4)CC3)cc2)c1. The molecule has 0 spiro atoms. The van der Waals surface area contributed by atoms with Crippen LogP contribution in [0.15, 0.2) is 78.9 Å². The molecule has 0 radical (unpaired) electrons. The van der Waals surface area contributed by atoms with E-state index in [4.69, 9.17) is 4.74 Å². The highest BCUT2D eigenvalue weighted by Gasteiger charge is 2.20. The first-order valence-electron chi connectivity index (χ1n) is 12.8. The van der Waals surface area contributed by atoms with Crippen molar-refractivity contribution in [2.24, 2.45) is 0 Å². The van der Waals surface area contributed by atoms with Crippen molar-refractivity contribution >= 4 is 29.3 Å². The van der Waals surface area contributed by atoms with Crippen molar-refractivity contribution in [3.63, 3.8) is 0 Å². The van der Waals surface area contributed by atoms with Crippen molar-refractivity contribution in [1.29, 1.82) is 0 Å². The van der Waals surface area contributed by atoms with E-state index in [-0.39, 0.29) is 18.4 Å². The second-order valence-corrected chi connectivity index (χ2v) is 9.64. The van der Waals surface area contributed by atoms with Gasteiger partial charge in [-0.15, -0.1) is 0 Å². The molecule has 192 valence electrons. The quantitative estimate of drug-likeness (QED) is 0.418. The van der Waals surface area contributed by atoms with Crippen LogP contribution in [-0.4, -0.2) is 49.5 Å². The van der Waals surface area contributed by atoms with Gasteiger partial charge in [-0.3, -0.25) is 9.59 Å². The van der Waals surface area contributed by atoms with E-state index in [9.17, 15) is 9.59 Å². The van der Waals surface area contributed by atoms with Gasteiger partial charge in [0, 0.05) is 43.6 Å². The van der Waals surface area contributed by atoms with Gasteiger partial charge >= 0.3 is 0 Å². The molecule has 3 aromatic carbocycles. The van der Waals surface area contributed by atoms with Crippen molar-refractivity contribution in [2.75, 3.05) is 43.0 Å². The molecule has 1 heterocycles. The summed E-state index contributed by atoms with van der Waals surface area (Å²) < 4.78 is 5.85. The molecule has 1 fully saturated rings. The highest BCUT2D eigenvalue weighted by atomic mass is 16.5. The van der Waals surface area contributed by atoms with Gasteiger partial charge in [0.25, 0.3) is 5.91 Å². The molecule has 1 saturated heterocycles. The molecule has 1 aliphatic rings. The van der Waals surface area contributed by atoms with Gasteiger partial charge in [0.15, 0.2) is 6.61 Å². The van der Waals surface area contributed by atoms with Crippen LogP contribution in [0.3, 0.4) is 0 Å². The normalized spacial score (nSPS) is 13.7. The fourth-order valence-electron chi connectivity index (χ4n) is 4.36. The summed E-state index contributed by atoms with van der Waals surface area (Å²) in [6, 6.07) is 23.7. The monoisotopic (exact) mass is 497 g/mol. The van der Waals surface area contributed by atoms with Crippen LogP contribution in [0, 0.1) is 6.92 Å². The Morgan fingerprint density at radius 1 is 0.946 bits per heavy atom. The number of rotatable bonds is 8. The van der Waals surface area contributed by atoms with E-state index in [0.717, 1.165) is 46.9 Å². The lowest BCUT2D eigenvalue weighted by atomic mass is 10.0. The largest absolute Gasteiger partial charge is 0.483 e. The lowest BCUT2D eigenvalue weighted by Crippen LogP contribution is -2.48. The van der Waals surface area contributed by atoms with Gasteiger partial charge in [0.1, 0.15) is 5.75 Å². The third-order valence-electron chi connectivity index (χ3n) is 6.48. The first-order chi connectivity index (χ1) is 17.9. The number of ether oxygens (including phenoxy) is 1. The molecular formula is C31H35N3O3. The van der Waals surface area contributed by atoms with Crippen LogP contribution in [0.4, 0.5) is 11.4 Å². The minimum absolute atomic E-state index is 0.0370. The fourth-order valence-corrected chi connectivity index (χ4v) is 4.36. The fraction of sp³-hybridized carbons (Fsp3) is 0.290. The minimum Gasteiger partial charge on any atom is -0.483 e. The summed E-state index contributed by atoms with van der Waals surface area (Å²) in [5.41, 5.74) is 5.01. The van der Waals surface area contributed by atoms with Gasteiger partial charge in [-0.1, -0.05) is 56.3 Å². The average molecular weight is 498 g/mol. The highest BCUT2D eigenvalue weighted by Crippen LogP contribution is 2.27. The Balaban J connectivity index is 1.25. The number of carbonyl (C=O) groups excluding carboxylic acids is 2. The number of aryl methyl sites for hydroxylation is 1.